The fraction of sp³-hybridized carbons (Fsp3) is 0.333. The number of esters is 1. The van der Waals surface area contributed by atoms with Gasteiger partial charge in [0.15, 0.2) is 11.5 Å². The van der Waals surface area contributed by atoms with Crippen LogP contribution in [0.2, 0.25) is 5.02 Å². The zero-order valence-electron chi connectivity index (χ0n) is 12.4. The summed E-state index contributed by atoms with van der Waals surface area (Å²) in [5.74, 6) is 0.383. The van der Waals surface area contributed by atoms with E-state index in [2.05, 4.69) is 5.16 Å². The number of carbonyl (C=O) groups is 1. The Hall–Kier alpha value is -2.41. The van der Waals surface area contributed by atoms with E-state index in [0.717, 1.165) is 6.42 Å². The maximum atomic E-state index is 12.1. The number of nitrogens with zero attached hydrogens (tertiary/aromatic N) is 1. The van der Waals surface area contributed by atoms with Crippen LogP contribution in [0.25, 0.3) is 0 Å². The highest BCUT2D eigenvalue weighted by atomic mass is 35.5. The van der Waals surface area contributed by atoms with Crippen molar-refractivity contribution >= 4 is 23.5 Å². The Morgan fingerprint density at radius 3 is 2.91 bits per heavy atom. The van der Waals surface area contributed by atoms with Gasteiger partial charge < -0.3 is 24.5 Å². The number of hydrogen-bond acceptors (Lipinski definition) is 7. The van der Waals surface area contributed by atoms with Crippen LogP contribution in [-0.2, 0) is 11.3 Å². The molecule has 0 saturated heterocycles. The quantitative estimate of drug-likeness (QED) is 0.859. The number of aromatic nitrogens is 1. The molecule has 0 fully saturated rings. The van der Waals surface area contributed by atoms with E-state index >= 15 is 0 Å². The van der Waals surface area contributed by atoms with Gasteiger partial charge in [0, 0.05) is 6.42 Å². The summed E-state index contributed by atoms with van der Waals surface area (Å²) in [5, 5.41) is 4.03. The van der Waals surface area contributed by atoms with Crippen molar-refractivity contribution in [3.05, 3.63) is 34.0 Å². The van der Waals surface area contributed by atoms with Crippen molar-refractivity contribution in [3.8, 4) is 11.5 Å². The molecule has 8 heteroatoms. The van der Waals surface area contributed by atoms with Gasteiger partial charge in [-0.25, -0.2) is 4.79 Å². The van der Waals surface area contributed by atoms with Crippen molar-refractivity contribution in [2.24, 2.45) is 0 Å². The molecule has 122 valence electrons. The lowest BCUT2D eigenvalue weighted by molar-refractivity contribution is 0.0472. The van der Waals surface area contributed by atoms with Crippen molar-refractivity contribution in [1.82, 2.24) is 5.16 Å². The van der Waals surface area contributed by atoms with E-state index in [-0.39, 0.29) is 18.1 Å². The van der Waals surface area contributed by atoms with Gasteiger partial charge in [-0.05, 0) is 24.6 Å². The van der Waals surface area contributed by atoms with Crippen LogP contribution in [0.5, 0.6) is 11.5 Å². The average molecular weight is 339 g/mol. The monoisotopic (exact) mass is 338 g/mol. The van der Waals surface area contributed by atoms with E-state index in [1.807, 2.05) is 0 Å². The molecular weight excluding hydrogens is 324 g/mol. The van der Waals surface area contributed by atoms with Gasteiger partial charge in [0.1, 0.15) is 12.2 Å². The first kappa shape index (κ1) is 15.5. The molecule has 0 atom stereocenters. The van der Waals surface area contributed by atoms with Gasteiger partial charge in [-0.15, -0.1) is 0 Å². The van der Waals surface area contributed by atoms with Gasteiger partial charge >= 0.3 is 5.97 Å². The van der Waals surface area contributed by atoms with E-state index < -0.39 is 5.97 Å². The highest BCUT2D eigenvalue weighted by Crippen LogP contribution is 2.38. The van der Waals surface area contributed by atoms with Crippen LogP contribution >= 0.6 is 11.6 Å². The zero-order valence-corrected chi connectivity index (χ0v) is 13.2. The van der Waals surface area contributed by atoms with E-state index in [1.165, 1.54) is 0 Å². The third-order valence-corrected chi connectivity index (χ3v) is 3.61. The second-order valence-corrected chi connectivity index (χ2v) is 5.45. The van der Waals surface area contributed by atoms with Crippen LogP contribution in [0.3, 0.4) is 0 Å². The highest BCUT2D eigenvalue weighted by molar-refractivity contribution is 6.32. The van der Waals surface area contributed by atoms with Crippen LogP contribution in [0.15, 0.2) is 16.7 Å². The summed E-state index contributed by atoms with van der Waals surface area (Å²) in [7, 11) is 0. The number of hydrogen-bond donors (Lipinski definition) is 1. The maximum Gasteiger partial charge on any atom is 0.346 e. The van der Waals surface area contributed by atoms with Crippen molar-refractivity contribution in [2.45, 2.75) is 20.0 Å². The predicted molar refractivity (Wildman–Crippen MR) is 81.8 cm³/mol. The van der Waals surface area contributed by atoms with Crippen LogP contribution in [0.4, 0.5) is 5.88 Å². The largest absolute Gasteiger partial charge is 0.489 e. The summed E-state index contributed by atoms with van der Waals surface area (Å²) >= 11 is 6.19. The van der Waals surface area contributed by atoms with E-state index in [4.69, 9.17) is 36.1 Å². The predicted octanol–water partition coefficient (Wildman–Crippen LogP) is 2.74. The normalized spacial score (nSPS) is 13.5. The Labute approximate surface area is 137 Å². The second-order valence-electron chi connectivity index (χ2n) is 5.04. The molecule has 1 aromatic heterocycles. The molecule has 0 radical (unpaired) electrons. The molecule has 0 bridgehead atoms. The molecule has 3 rings (SSSR count). The third-order valence-electron chi connectivity index (χ3n) is 3.33. The molecule has 0 spiro atoms. The van der Waals surface area contributed by atoms with Crippen molar-refractivity contribution in [3.63, 3.8) is 0 Å². The standard InChI is InChI=1S/C15H15ClN2O5/c1-8-12(14(17)23-18-8)15(19)22-7-9-5-10(16)13-11(6-9)20-3-2-4-21-13/h5-6H,2-4,7,17H2,1H3. The highest BCUT2D eigenvalue weighted by Gasteiger charge is 2.21. The molecule has 2 aromatic rings. The number of halogens is 1. The lowest BCUT2D eigenvalue weighted by Gasteiger charge is -2.11. The molecule has 1 aliphatic rings. The van der Waals surface area contributed by atoms with Crippen LogP contribution in [0.1, 0.15) is 28.0 Å². The number of rotatable bonds is 3. The summed E-state index contributed by atoms with van der Waals surface area (Å²) in [5.41, 5.74) is 6.75. The third kappa shape index (κ3) is 3.19. The van der Waals surface area contributed by atoms with Crippen molar-refractivity contribution in [2.75, 3.05) is 18.9 Å². The van der Waals surface area contributed by atoms with Gasteiger partial charge in [-0.2, -0.15) is 0 Å². The van der Waals surface area contributed by atoms with E-state index in [1.54, 1.807) is 19.1 Å². The number of aryl methyl sites for hydroxylation is 1. The molecule has 2 heterocycles. The molecule has 0 amide bonds. The Morgan fingerprint density at radius 2 is 2.17 bits per heavy atom. The smallest absolute Gasteiger partial charge is 0.346 e. The topological polar surface area (TPSA) is 96.8 Å². The molecule has 23 heavy (non-hydrogen) atoms. The molecule has 7 nitrogen and oxygen atoms in total. The minimum atomic E-state index is -0.607. The SMILES string of the molecule is Cc1noc(N)c1C(=O)OCc1cc(Cl)c2c(c1)OCCCO2. The Bertz CT molecular complexity index is 724. The first-order chi connectivity index (χ1) is 11.1. The first-order valence-corrected chi connectivity index (χ1v) is 7.41. The van der Waals surface area contributed by atoms with Crippen molar-refractivity contribution in [1.29, 1.82) is 0 Å². The molecule has 1 aliphatic heterocycles. The molecule has 1 aromatic carbocycles. The molecule has 0 unspecified atom stereocenters. The number of nitrogens with two attached hydrogens (primary N) is 1. The van der Waals surface area contributed by atoms with E-state index in [0.29, 0.717) is 41.0 Å². The van der Waals surface area contributed by atoms with Crippen LogP contribution in [0, 0.1) is 6.92 Å². The van der Waals surface area contributed by atoms with Gasteiger partial charge in [0.25, 0.3) is 0 Å². The Balaban J connectivity index is 1.75. The fourth-order valence-electron chi connectivity index (χ4n) is 2.22. The number of benzene rings is 1. The number of anilines is 1. The summed E-state index contributed by atoms with van der Waals surface area (Å²) < 4.78 is 21.1. The Kier molecular flexibility index (Phi) is 4.29. The molecule has 2 N–H and O–H groups in total. The zero-order chi connectivity index (χ0) is 16.4. The number of ether oxygens (including phenoxy) is 3. The lowest BCUT2D eigenvalue weighted by atomic mass is 10.2. The lowest BCUT2D eigenvalue weighted by Crippen LogP contribution is -2.08. The van der Waals surface area contributed by atoms with E-state index in [9.17, 15) is 4.79 Å². The minimum absolute atomic E-state index is 0.0131. The van der Waals surface area contributed by atoms with Crippen LogP contribution in [-0.4, -0.2) is 24.3 Å². The molecule has 0 aliphatic carbocycles. The average Bonchev–Trinajstić information content (AvgIpc) is 2.73. The van der Waals surface area contributed by atoms with Gasteiger partial charge in [0.2, 0.25) is 5.88 Å². The van der Waals surface area contributed by atoms with Gasteiger partial charge in [-0.1, -0.05) is 16.8 Å². The minimum Gasteiger partial charge on any atom is -0.489 e. The summed E-state index contributed by atoms with van der Waals surface area (Å²) in [4.78, 5) is 12.1. The maximum absolute atomic E-state index is 12.1. The first-order valence-electron chi connectivity index (χ1n) is 7.03. The number of fused-ring (bicyclic) bond motifs is 1. The number of nitrogen functional groups attached to an aromatic ring is 1. The molecule has 0 saturated carbocycles. The van der Waals surface area contributed by atoms with Gasteiger partial charge in [-0.3, -0.25) is 0 Å². The summed E-state index contributed by atoms with van der Waals surface area (Å²) in [6.45, 7) is 2.72. The summed E-state index contributed by atoms with van der Waals surface area (Å²) in [6, 6.07) is 3.41. The molecular formula is C15H15ClN2O5. The summed E-state index contributed by atoms with van der Waals surface area (Å²) in [6.07, 6.45) is 0.779. The van der Waals surface area contributed by atoms with Crippen LogP contribution < -0.4 is 15.2 Å². The second kappa shape index (κ2) is 6.37. The Morgan fingerprint density at radius 1 is 1.39 bits per heavy atom. The fourth-order valence-corrected chi connectivity index (χ4v) is 2.51. The number of carbonyl (C=O) groups excluding carboxylic acids is 1. The van der Waals surface area contributed by atoms with Crippen molar-refractivity contribution < 1.29 is 23.5 Å². The van der Waals surface area contributed by atoms with Gasteiger partial charge in [0.05, 0.1) is 23.9 Å².